The zero-order chi connectivity index (χ0) is 50.9. The first-order chi connectivity index (χ1) is 35.0. The van der Waals surface area contributed by atoms with Gasteiger partial charge in [-0.3, -0.25) is 0 Å². The quantitative estimate of drug-likeness (QED) is 0.135. The van der Waals surface area contributed by atoms with Gasteiger partial charge in [-0.25, -0.2) is 4.98 Å². The third-order valence-electron chi connectivity index (χ3n) is 14.9. The van der Waals surface area contributed by atoms with E-state index in [0.29, 0.717) is 0 Å². The van der Waals surface area contributed by atoms with Crippen LogP contribution < -0.4 is 14.7 Å². The molecule has 5 nitrogen and oxygen atoms in total. The molecule has 2 aromatic heterocycles. The number of aromatic nitrogens is 2. The van der Waals surface area contributed by atoms with E-state index in [1.54, 1.807) is 0 Å². The van der Waals surface area contributed by atoms with E-state index in [4.69, 9.17) is 4.98 Å². The molecule has 74 heavy (non-hydrogen) atoms. The molecule has 0 radical (unpaired) electrons. The molecule has 10 aromatic rings. The molecule has 0 saturated carbocycles. The van der Waals surface area contributed by atoms with Crippen molar-refractivity contribution < 1.29 is 21.1 Å². The smallest absolute Gasteiger partial charge is 0.135 e. The Hall–Kier alpha value is -7.20. The maximum Gasteiger partial charge on any atom is 0.135 e. The molecule has 6 heteroatoms. The third-order valence-corrected chi connectivity index (χ3v) is 14.9. The van der Waals surface area contributed by atoms with Crippen molar-refractivity contribution in [3.63, 3.8) is 0 Å². The molecule has 11 rings (SSSR count). The van der Waals surface area contributed by atoms with E-state index >= 15 is 0 Å². The van der Waals surface area contributed by atoms with Crippen LogP contribution in [0.5, 0.6) is 0 Å². The second-order valence-corrected chi connectivity index (χ2v) is 22.9. The van der Waals surface area contributed by atoms with Gasteiger partial charge in [0.05, 0.1) is 0 Å². The molecule has 1 aliphatic heterocycles. The van der Waals surface area contributed by atoms with Crippen molar-refractivity contribution in [1.82, 2.24) is 9.55 Å². The number of hydrogen-bond donors (Lipinski definition) is 0. The van der Waals surface area contributed by atoms with E-state index in [1.165, 1.54) is 33.2 Å². The summed E-state index contributed by atoms with van der Waals surface area (Å²) in [5.41, 5.74) is 16.1. The Morgan fingerprint density at radius 2 is 1.01 bits per heavy atom. The maximum atomic E-state index is 5.19. The van der Waals surface area contributed by atoms with Crippen LogP contribution in [0.25, 0.3) is 27.6 Å². The van der Waals surface area contributed by atoms with Gasteiger partial charge in [-0.05, 0) is 117 Å². The summed E-state index contributed by atoms with van der Waals surface area (Å²) in [5, 5.41) is 2.28. The number of hydrogen-bond acceptors (Lipinski definition) is 4. The van der Waals surface area contributed by atoms with Crippen LogP contribution in [-0.2, 0) is 42.7 Å². The first kappa shape index (κ1) is 50.3. The fraction of sp³-hybridized carbons (Fsp3) is 0.206. The van der Waals surface area contributed by atoms with Crippen molar-refractivity contribution in [3.8, 4) is 5.82 Å². The van der Waals surface area contributed by atoms with Crippen molar-refractivity contribution in [3.05, 3.63) is 253 Å². The van der Waals surface area contributed by atoms with Crippen LogP contribution in [0.4, 0.5) is 39.8 Å². The Morgan fingerprint density at radius 3 is 1.62 bits per heavy atom. The molecule has 8 aromatic carbocycles. The van der Waals surface area contributed by atoms with Gasteiger partial charge in [0.25, 0.3) is 0 Å². The van der Waals surface area contributed by atoms with E-state index in [0.717, 1.165) is 67.6 Å². The van der Waals surface area contributed by atoms with E-state index in [1.807, 2.05) is 6.20 Å². The number of pyridine rings is 1. The fourth-order valence-electron chi connectivity index (χ4n) is 10.5. The minimum Gasteiger partial charge on any atom is -0.493 e. The minimum atomic E-state index is -0.450. The van der Waals surface area contributed by atoms with Crippen LogP contribution in [0, 0.1) is 18.8 Å². The summed E-state index contributed by atoms with van der Waals surface area (Å²) in [6.45, 7) is 25.2. The molecule has 0 spiro atoms. The van der Waals surface area contributed by atoms with Crippen molar-refractivity contribution in [2.45, 2.75) is 90.9 Å². The van der Waals surface area contributed by atoms with Crippen molar-refractivity contribution in [2.24, 2.45) is 0 Å². The van der Waals surface area contributed by atoms with Crippen LogP contribution in [-0.4, -0.2) is 9.55 Å². The Kier molecular flexibility index (Phi) is 13.1. The molecule has 0 atom stereocenters. The average Bonchev–Trinajstić information content (AvgIpc) is 3.94. The Morgan fingerprint density at radius 1 is 0.446 bits per heavy atom. The van der Waals surface area contributed by atoms with Crippen LogP contribution in [0.2, 0.25) is 0 Å². The topological polar surface area (TPSA) is 27.5 Å². The second-order valence-electron chi connectivity index (χ2n) is 22.9. The predicted octanol–water partition coefficient (Wildman–Crippen LogP) is 17.9. The number of rotatable bonds is 9. The molecular weight excluding hydrogens is 1080 g/mol. The summed E-state index contributed by atoms with van der Waals surface area (Å²) in [7, 11) is 0. The number of para-hydroxylation sites is 3. The normalized spacial score (nSPS) is 13.1. The van der Waals surface area contributed by atoms with E-state index in [9.17, 15) is 0 Å². The van der Waals surface area contributed by atoms with Gasteiger partial charge in [0.1, 0.15) is 5.82 Å². The van der Waals surface area contributed by atoms with Crippen LogP contribution in [0.15, 0.2) is 200 Å². The van der Waals surface area contributed by atoms with Crippen LogP contribution >= 0.6 is 0 Å². The molecule has 3 heterocycles. The molecule has 0 amide bonds. The monoisotopic (exact) mass is 1150 g/mol. The molecule has 0 N–H and O–H groups in total. The van der Waals surface area contributed by atoms with Gasteiger partial charge in [-0.1, -0.05) is 188 Å². The average molecular weight is 1150 g/mol. The molecule has 0 bridgehead atoms. The van der Waals surface area contributed by atoms with Crippen molar-refractivity contribution in [2.75, 3.05) is 14.7 Å². The van der Waals surface area contributed by atoms with Crippen LogP contribution in [0.1, 0.15) is 103 Å². The van der Waals surface area contributed by atoms with Gasteiger partial charge in [0.15, 0.2) is 0 Å². The predicted molar refractivity (Wildman–Crippen MR) is 307 cm³/mol. The Balaban J connectivity index is 0.00000626. The molecule has 374 valence electrons. The molecule has 0 saturated heterocycles. The van der Waals surface area contributed by atoms with Gasteiger partial charge >= 0.3 is 0 Å². The summed E-state index contributed by atoms with van der Waals surface area (Å²) in [5.74, 6) is 0.836. The summed E-state index contributed by atoms with van der Waals surface area (Å²) < 4.78 is 2.31. The van der Waals surface area contributed by atoms with E-state index in [2.05, 4.69) is 301 Å². The van der Waals surface area contributed by atoms with Gasteiger partial charge in [-0.2, -0.15) is 12.1 Å². The summed E-state index contributed by atoms with van der Waals surface area (Å²) in [6, 6.07) is 78.3. The van der Waals surface area contributed by atoms with Gasteiger partial charge in [0.2, 0.25) is 0 Å². The molecule has 0 fully saturated rings. The summed E-state index contributed by atoms with van der Waals surface area (Å²) in [6.07, 6.45) is 1.97. The fourth-order valence-corrected chi connectivity index (χ4v) is 10.5. The third kappa shape index (κ3) is 9.15. The maximum absolute atomic E-state index is 5.19. The summed E-state index contributed by atoms with van der Waals surface area (Å²) >= 11 is 0. The zero-order valence-electron chi connectivity index (χ0n) is 44.2. The Labute approximate surface area is 453 Å². The number of benzene rings is 8. The van der Waals surface area contributed by atoms with Crippen molar-refractivity contribution in [1.29, 1.82) is 0 Å². The standard InChI is InChI=1S/C68H64N5.Pt/c1-65(2,3)49-33-36-60-59(42-49)58-35-34-56(45-63(58)73(60)64-43-50(37-38-69-64)68(10,47-23-14-11-15-24-47)48-25-16-12-17-26-48)72(53-27-18-13-19-28-53)55-30-22-29-54(44-55)70-46-71(62-32-21-20-31-61(62)70)57-40-51(66(4,5)6)39-52(41-57)67(7,8)9;/h11-43,46H,1-10H3;/q-3;. The van der Waals surface area contributed by atoms with E-state index in [-0.39, 0.29) is 37.3 Å². The Bertz CT molecular complexity index is 3560. The largest absolute Gasteiger partial charge is 0.493 e. The minimum absolute atomic E-state index is 0. The number of anilines is 7. The molecule has 0 aliphatic carbocycles. The molecule has 0 unspecified atom stereocenters. The summed E-state index contributed by atoms with van der Waals surface area (Å²) in [4.78, 5) is 12.1. The van der Waals surface area contributed by atoms with E-state index < -0.39 is 5.41 Å². The number of fused-ring (bicyclic) bond motifs is 4. The molecule has 1 aliphatic rings. The van der Waals surface area contributed by atoms with Crippen LogP contribution in [0.3, 0.4) is 0 Å². The SMILES string of the molecule is CC(C)(C)c1cc(N2[CH-]N(c3[c-]c(N(c4[c-]c5c(cc4)c4cc(C(C)(C)C)ccc4n5-c4cc(C(C)(c5ccccc5)c5ccccc5)ccn4)c4ccccc4)ccc3)c3ccccc32)cc(C(C)(C)C)c1.[Pt]. The van der Waals surface area contributed by atoms with Gasteiger partial charge < -0.3 is 19.3 Å². The molecular formula is C68H64N5Pt-3. The van der Waals surface area contributed by atoms with Gasteiger partial charge in [0, 0.05) is 60.9 Å². The van der Waals surface area contributed by atoms with Crippen molar-refractivity contribution >= 4 is 61.6 Å². The second kappa shape index (κ2) is 19.3. The number of nitrogens with zero attached hydrogens (tertiary/aromatic N) is 5. The first-order valence-corrected chi connectivity index (χ1v) is 25.6. The van der Waals surface area contributed by atoms with Gasteiger partial charge in [-0.15, -0.1) is 48.1 Å². The first-order valence-electron chi connectivity index (χ1n) is 25.6. The zero-order valence-corrected chi connectivity index (χ0v) is 46.5.